The summed E-state index contributed by atoms with van der Waals surface area (Å²) in [6.45, 7) is 3.98. The van der Waals surface area contributed by atoms with Crippen LogP contribution in [0.2, 0.25) is 0 Å². The van der Waals surface area contributed by atoms with Crippen LogP contribution in [0.5, 0.6) is 5.75 Å². The van der Waals surface area contributed by atoms with Crippen molar-refractivity contribution in [3.63, 3.8) is 0 Å². The van der Waals surface area contributed by atoms with E-state index >= 15 is 0 Å². The smallest absolute Gasteiger partial charge is 0.167 e. The Balaban J connectivity index is 2.21. The third-order valence-electron chi connectivity index (χ3n) is 3.33. The van der Waals surface area contributed by atoms with Crippen LogP contribution in [-0.2, 0) is 6.42 Å². The summed E-state index contributed by atoms with van der Waals surface area (Å²) in [5.74, 6) is 0.951. The summed E-state index contributed by atoms with van der Waals surface area (Å²) in [6, 6.07) is 13.5. The van der Waals surface area contributed by atoms with E-state index < -0.39 is 0 Å². The zero-order chi connectivity index (χ0) is 13.8. The standard InChI is InChI=1S/C17H18O2/c1-12-6-4-5-7-14(12)11-16(18)15-8-9-17(19-3)13(2)10-15/h4-10H,11H2,1-3H3. The minimum absolute atomic E-state index is 0.139. The molecule has 0 aliphatic carbocycles. The topological polar surface area (TPSA) is 26.3 Å². The molecule has 0 N–H and O–H groups in total. The van der Waals surface area contributed by atoms with Gasteiger partial charge in [-0.2, -0.15) is 0 Å². The molecule has 0 saturated carbocycles. The van der Waals surface area contributed by atoms with Crippen molar-refractivity contribution < 1.29 is 9.53 Å². The number of carbonyl (C=O) groups excluding carboxylic acids is 1. The number of ether oxygens (including phenoxy) is 1. The van der Waals surface area contributed by atoms with E-state index in [4.69, 9.17) is 4.74 Å². The maximum absolute atomic E-state index is 12.3. The number of ketones is 1. The van der Waals surface area contributed by atoms with E-state index in [2.05, 4.69) is 0 Å². The molecule has 0 aliphatic heterocycles. The quantitative estimate of drug-likeness (QED) is 0.777. The fraction of sp³-hybridized carbons (Fsp3) is 0.235. The molecule has 98 valence electrons. The summed E-state index contributed by atoms with van der Waals surface area (Å²) in [4.78, 5) is 12.3. The normalized spacial score (nSPS) is 10.3. The van der Waals surface area contributed by atoms with Gasteiger partial charge in [0.15, 0.2) is 5.78 Å². The summed E-state index contributed by atoms with van der Waals surface area (Å²) in [5.41, 5.74) is 3.96. The first-order valence-electron chi connectivity index (χ1n) is 6.34. The van der Waals surface area contributed by atoms with Gasteiger partial charge in [0, 0.05) is 12.0 Å². The fourth-order valence-electron chi connectivity index (χ4n) is 2.14. The zero-order valence-electron chi connectivity index (χ0n) is 11.6. The molecule has 0 aromatic heterocycles. The molecule has 0 heterocycles. The first kappa shape index (κ1) is 13.3. The Bertz CT molecular complexity index is 600. The Labute approximate surface area is 114 Å². The number of methoxy groups -OCH3 is 1. The van der Waals surface area contributed by atoms with Crippen LogP contribution in [0.3, 0.4) is 0 Å². The molecular weight excluding hydrogens is 236 g/mol. The number of Topliss-reactive ketones (excluding diaryl/α,β-unsaturated/α-hetero) is 1. The van der Waals surface area contributed by atoms with Crippen LogP contribution in [0.15, 0.2) is 42.5 Å². The van der Waals surface area contributed by atoms with Crippen molar-refractivity contribution in [3.05, 3.63) is 64.7 Å². The van der Waals surface area contributed by atoms with Crippen LogP contribution in [0.4, 0.5) is 0 Å². The average molecular weight is 254 g/mol. The van der Waals surface area contributed by atoms with Gasteiger partial charge in [0.25, 0.3) is 0 Å². The molecule has 2 aromatic rings. The Morgan fingerprint density at radius 1 is 1.05 bits per heavy atom. The number of carbonyl (C=O) groups is 1. The predicted molar refractivity (Wildman–Crippen MR) is 76.9 cm³/mol. The number of benzene rings is 2. The highest BCUT2D eigenvalue weighted by molar-refractivity contribution is 5.98. The van der Waals surface area contributed by atoms with Gasteiger partial charge in [-0.3, -0.25) is 4.79 Å². The largest absolute Gasteiger partial charge is 0.496 e. The summed E-state index contributed by atoms with van der Waals surface area (Å²) < 4.78 is 5.21. The van der Waals surface area contributed by atoms with E-state index in [1.807, 2.05) is 56.3 Å². The lowest BCUT2D eigenvalue weighted by Crippen LogP contribution is -2.05. The fourth-order valence-corrected chi connectivity index (χ4v) is 2.14. The summed E-state index contributed by atoms with van der Waals surface area (Å²) in [6.07, 6.45) is 0.443. The molecular formula is C17H18O2. The monoisotopic (exact) mass is 254 g/mol. The van der Waals surface area contributed by atoms with Crippen molar-refractivity contribution in [2.24, 2.45) is 0 Å². The number of hydrogen-bond acceptors (Lipinski definition) is 2. The molecule has 0 fully saturated rings. The second-order valence-electron chi connectivity index (χ2n) is 4.71. The molecule has 2 heteroatoms. The predicted octanol–water partition coefficient (Wildman–Crippen LogP) is 3.74. The maximum atomic E-state index is 12.3. The van der Waals surface area contributed by atoms with Crippen molar-refractivity contribution in [3.8, 4) is 5.75 Å². The minimum atomic E-state index is 0.139. The zero-order valence-corrected chi connectivity index (χ0v) is 11.6. The Hall–Kier alpha value is -2.09. The van der Waals surface area contributed by atoms with E-state index in [0.717, 1.165) is 28.0 Å². The van der Waals surface area contributed by atoms with Crippen LogP contribution in [0, 0.1) is 13.8 Å². The van der Waals surface area contributed by atoms with Gasteiger partial charge >= 0.3 is 0 Å². The van der Waals surface area contributed by atoms with Crippen molar-refractivity contribution >= 4 is 5.78 Å². The van der Waals surface area contributed by atoms with Crippen LogP contribution < -0.4 is 4.74 Å². The molecule has 0 aliphatic rings. The average Bonchev–Trinajstić information content (AvgIpc) is 2.41. The molecule has 2 nitrogen and oxygen atoms in total. The van der Waals surface area contributed by atoms with E-state index in [0.29, 0.717) is 6.42 Å². The molecule has 2 aromatic carbocycles. The minimum Gasteiger partial charge on any atom is -0.496 e. The second-order valence-corrected chi connectivity index (χ2v) is 4.71. The first-order valence-corrected chi connectivity index (χ1v) is 6.34. The van der Waals surface area contributed by atoms with Crippen molar-refractivity contribution in [1.29, 1.82) is 0 Å². The van der Waals surface area contributed by atoms with E-state index in [1.54, 1.807) is 7.11 Å². The molecule has 0 saturated heterocycles. The van der Waals surface area contributed by atoms with Crippen LogP contribution >= 0.6 is 0 Å². The van der Waals surface area contributed by atoms with E-state index in [1.165, 1.54) is 0 Å². The molecule has 0 amide bonds. The van der Waals surface area contributed by atoms with Gasteiger partial charge in [0.1, 0.15) is 5.75 Å². The molecule has 0 unspecified atom stereocenters. The lowest BCUT2D eigenvalue weighted by molar-refractivity contribution is 0.0992. The van der Waals surface area contributed by atoms with Crippen molar-refractivity contribution in [2.45, 2.75) is 20.3 Å². The summed E-state index contributed by atoms with van der Waals surface area (Å²) in [7, 11) is 1.64. The molecule has 0 atom stereocenters. The molecule has 19 heavy (non-hydrogen) atoms. The van der Waals surface area contributed by atoms with Gasteiger partial charge in [0.05, 0.1) is 7.11 Å². The van der Waals surface area contributed by atoms with E-state index in [9.17, 15) is 4.79 Å². The SMILES string of the molecule is COc1ccc(C(=O)Cc2ccccc2C)cc1C. The third-order valence-corrected chi connectivity index (χ3v) is 3.33. The lowest BCUT2D eigenvalue weighted by Gasteiger charge is -2.08. The van der Waals surface area contributed by atoms with Gasteiger partial charge in [-0.05, 0) is 48.7 Å². The number of rotatable bonds is 4. The molecule has 0 spiro atoms. The van der Waals surface area contributed by atoms with Gasteiger partial charge in [-0.1, -0.05) is 24.3 Å². The Kier molecular flexibility index (Phi) is 4.00. The van der Waals surface area contributed by atoms with Crippen molar-refractivity contribution in [2.75, 3.05) is 7.11 Å². The van der Waals surface area contributed by atoms with Crippen LogP contribution in [-0.4, -0.2) is 12.9 Å². The second kappa shape index (κ2) is 5.70. The molecule has 2 rings (SSSR count). The van der Waals surface area contributed by atoms with Gasteiger partial charge in [0.2, 0.25) is 0 Å². The van der Waals surface area contributed by atoms with Gasteiger partial charge in [-0.15, -0.1) is 0 Å². The summed E-state index contributed by atoms with van der Waals surface area (Å²) >= 11 is 0. The highest BCUT2D eigenvalue weighted by Crippen LogP contribution is 2.20. The summed E-state index contributed by atoms with van der Waals surface area (Å²) in [5, 5.41) is 0. The number of aryl methyl sites for hydroxylation is 2. The van der Waals surface area contributed by atoms with Crippen LogP contribution in [0.1, 0.15) is 27.0 Å². The lowest BCUT2D eigenvalue weighted by atomic mass is 9.98. The maximum Gasteiger partial charge on any atom is 0.167 e. The first-order chi connectivity index (χ1) is 9.11. The van der Waals surface area contributed by atoms with Gasteiger partial charge < -0.3 is 4.74 Å². The molecule has 0 bridgehead atoms. The highest BCUT2D eigenvalue weighted by atomic mass is 16.5. The third kappa shape index (κ3) is 3.02. The van der Waals surface area contributed by atoms with E-state index in [-0.39, 0.29) is 5.78 Å². The van der Waals surface area contributed by atoms with Crippen molar-refractivity contribution in [1.82, 2.24) is 0 Å². The Morgan fingerprint density at radius 3 is 2.42 bits per heavy atom. The number of hydrogen-bond donors (Lipinski definition) is 0. The van der Waals surface area contributed by atoms with Gasteiger partial charge in [-0.25, -0.2) is 0 Å². The molecule has 0 radical (unpaired) electrons. The van der Waals surface area contributed by atoms with Crippen LogP contribution in [0.25, 0.3) is 0 Å². The Morgan fingerprint density at radius 2 is 1.79 bits per heavy atom. The highest BCUT2D eigenvalue weighted by Gasteiger charge is 2.10.